The zero-order chi connectivity index (χ0) is 37.5. The Morgan fingerprint density at radius 1 is 0.333 bits per heavy atom. The predicted octanol–water partition coefficient (Wildman–Crippen LogP) is 14.7. The van der Waals surface area contributed by atoms with Gasteiger partial charge >= 0.3 is 0 Å². The van der Waals surface area contributed by atoms with Gasteiger partial charge in [0.05, 0.1) is 10.2 Å². The molecule has 4 aromatic heterocycles. The summed E-state index contributed by atoms with van der Waals surface area (Å²) in [5.74, 6) is 1.96. The van der Waals surface area contributed by atoms with E-state index in [4.69, 9.17) is 19.9 Å². The van der Waals surface area contributed by atoms with E-state index < -0.39 is 0 Å². The maximum Gasteiger partial charge on any atom is 0.164 e. The Bertz CT molecular complexity index is 3470. The normalized spacial score (nSPS) is 11.9. The van der Waals surface area contributed by atoms with Crippen molar-refractivity contribution in [3.8, 4) is 55.9 Å². The lowest BCUT2D eigenvalue weighted by Crippen LogP contribution is -2.00. The van der Waals surface area contributed by atoms with Gasteiger partial charge in [0.1, 0.15) is 5.01 Å². The Hall–Kier alpha value is -6.64. The number of rotatable bonds is 5. The summed E-state index contributed by atoms with van der Waals surface area (Å²) in [7, 11) is 0. The summed E-state index contributed by atoms with van der Waals surface area (Å²) in [4.78, 5) is 20.3. The van der Waals surface area contributed by atoms with E-state index in [-0.39, 0.29) is 0 Å². The molecule has 0 bridgehead atoms. The first kappa shape index (κ1) is 32.6. The Morgan fingerprint density at radius 2 is 0.912 bits per heavy atom. The maximum absolute atomic E-state index is 5.40. The standard InChI is InChI=1S/C50H28N4S3/c1-3-11-30(12-4-1)47-52-48(31-13-5-2-6-14-31)54-49(53-47)33-22-20-29-19-21-32(25-35(29)26-33)38-28-43-45(44-37-16-8-10-18-41(37)56-46(38)44)51-50(57-43)34-23-24-42-39(27-34)36-15-7-9-17-40(36)55-42/h1-28H. The van der Waals surface area contributed by atoms with E-state index in [9.17, 15) is 0 Å². The Kier molecular flexibility index (Phi) is 7.41. The van der Waals surface area contributed by atoms with Crippen molar-refractivity contribution in [3.05, 3.63) is 170 Å². The monoisotopic (exact) mass is 780 g/mol. The average molecular weight is 781 g/mol. The molecule has 0 atom stereocenters. The van der Waals surface area contributed by atoms with Crippen LogP contribution in [0.1, 0.15) is 0 Å². The van der Waals surface area contributed by atoms with Crippen LogP contribution in [0.3, 0.4) is 0 Å². The molecule has 0 spiro atoms. The van der Waals surface area contributed by atoms with Crippen molar-refractivity contribution in [2.24, 2.45) is 0 Å². The second-order valence-electron chi connectivity index (χ2n) is 14.2. The molecule has 0 unspecified atom stereocenters. The van der Waals surface area contributed by atoms with E-state index in [1.165, 1.54) is 56.2 Å². The maximum atomic E-state index is 5.40. The van der Waals surface area contributed by atoms with Gasteiger partial charge in [-0.05, 0) is 58.8 Å². The molecule has 0 saturated carbocycles. The van der Waals surface area contributed by atoms with Crippen LogP contribution in [0.5, 0.6) is 0 Å². The van der Waals surface area contributed by atoms with E-state index in [0.717, 1.165) is 43.6 Å². The Balaban J connectivity index is 1.02. The molecule has 0 aliphatic heterocycles. The summed E-state index contributed by atoms with van der Waals surface area (Å²) in [6.07, 6.45) is 0. The van der Waals surface area contributed by atoms with Crippen molar-refractivity contribution in [2.75, 3.05) is 0 Å². The molecule has 8 aromatic carbocycles. The van der Waals surface area contributed by atoms with Crippen molar-refractivity contribution >= 4 is 95.3 Å². The summed E-state index contributed by atoms with van der Waals surface area (Å²) in [5, 5.41) is 8.41. The van der Waals surface area contributed by atoms with Gasteiger partial charge in [-0.2, -0.15) is 0 Å². The van der Waals surface area contributed by atoms with Gasteiger partial charge in [0.25, 0.3) is 0 Å². The second kappa shape index (κ2) is 13.0. The third-order valence-electron chi connectivity index (χ3n) is 10.7. The topological polar surface area (TPSA) is 51.6 Å². The molecule has 0 radical (unpaired) electrons. The van der Waals surface area contributed by atoms with Crippen molar-refractivity contribution < 1.29 is 0 Å². The van der Waals surface area contributed by atoms with Gasteiger partial charge in [-0.3, -0.25) is 0 Å². The van der Waals surface area contributed by atoms with Crippen LogP contribution in [0.15, 0.2) is 170 Å². The lowest BCUT2D eigenvalue weighted by Gasteiger charge is -2.10. The smallest absolute Gasteiger partial charge is 0.164 e. The molecule has 4 heterocycles. The summed E-state index contributed by atoms with van der Waals surface area (Å²) in [6, 6.07) is 60.2. The van der Waals surface area contributed by atoms with Crippen LogP contribution in [0.2, 0.25) is 0 Å². The quantitative estimate of drug-likeness (QED) is 0.175. The molecule has 0 amide bonds. The third kappa shape index (κ3) is 5.46. The minimum atomic E-state index is 0.647. The van der Waals surface area contributed by atoms with Crippen LogP contribution in [0.25, 0.3) is 117 Å². The first-order valence-electron chi connectivity index (χ1n) is 18.8. The van der Waals surface area contributed by atoms with Crippen LogP contribution in [-0.4, -0.2) is 19.9 Å². The molecule has 0 saturated heterocycles. The molecular weight excluding hydrogens is 753 g/mol. The minimum Gasteiger partial charge on any atom is -0.235 e. The number of fused-ring (bicyclic) bond motifs is 9. The fraction of sp³-hybridized carbons (Fsp3) is 0. The van der Waals surface area contributed by atoms with Crippen molar-refractivity contribution in [1.82, 2.24) is 19.9 Å². The molecule has 57 heavy (non-hydrogen) atoms. The highest BCUT2D eigenvalue weighted by molar-refractivity contribution is 7.27. The van der Waals surface area contributed by atoms with E-state index in [1.54, 1.807) is 11.3 Å². The zero-order valence-corrected chi connectivity index (χ0v) is 32.6. The molecule has 12 rings (SSSR count). The number of hydrogen-bond acceptors (Lipinski definition) is 7. The van der Waals surface area contributed by atoms with Crippen molar-refractivity contribution in [3.63, 3.8) is 0 Å². The highest BCUT2D eigenvalue weighted by atomic mass is 32.1. The fourth-order valence-electron chi connectivity index (χ4n) is 7.96. The van der Waals surface area contributed by atoms with Crippen molar-refractivity contribution in [1.29, 1.82) is 0 Å². The van der Waals surface area contributed by atoms with Crippen LogP contribution >= 0.6 is 34.0 Å². The lowest BCUT2D eigenvalue weighted by molar-refractivity contribution is 1.07. The first-order chi connectivity index (χ1) is 28.2. The third-order valence-corrected chi connectivity index (χ3v) is 14.1. The van der Waals surface area contributed by atoms with Gasteiger partial charge in [-0.1, -0.05) is 127 Å². The summed E-state index contributed by atoms with van der Waals surface area (Å²) < 4.78 is 6.33. The average Bonchev–Trinajstić information content (AvgIpc) is 3.99. The van der Waals surface area contributed by atoms with Crippen LogP contribution < -0.4 is 0 Å². The summed E-state index contributed by atoms with van der Waals surface area (Å²) in [5.41, 5.74) is 7.48. The van der Waals surface area contributed by atoms with E-state index >= 15 is 0 Å². The SMILES string of the molecule is c1ccc(-c2nc(-c3ccccc3)nc(-c3ccc4ccc(-c5cc6sc(-c7ccc8sc9ccccc9c8c7)nc6c6c5sc5ccccc56)cc4c3)n2)cc1. The molecular formula is C50H28N4S3. The lowest BCUT2D eigenvalue weighted by atomic mass is 9.98. The molecule has 7 heteroatoms. The number of thiazole rings is 1. The molecule has 0 aliphatic rings. The van der Waals surface area contributed by atoms with Crippen molar-refractivity contribution in [2.45, 2.75) is 0 Å². The predicted molar refractivity (Wildman–Crippen MR) is 243 cm³/mol. The second-order valence-corrected chi connectivity index (χ2v) is 17.4. The fourth-order valence-corrected chi connectivity index (χ4v) is 11.3. The largest absolute Gasteiger partial charge is 0.235 e. The van der Waals surface area contributed by atoms with Gasteiger partial charge in [0.15, 0.2) is 17.5 Å². The van der Waals surface area contributed by atoms with Crippen LogP contribution in [-0.2, 0) is 0 Å². The van der Waals surface area contributed by atoms with Gasteiger partial charge in [0.2, 0.25) is 0 Å². The highest BCUT2D eigenvalue weighted by Gasteiger charge is 2.20. The van der Waals surface area contributed by atoms with Gasteiger partial charge in [-0.15, -0.1) is 34.0 Å². The molecule has 0 fully saturated rings. The molecule has 0 N–H and O–H groups in total. The number of nitrogens with zero attached hydrogens (tertiary/aromatic N) is 4. The number of thiophene rings is 2. The molecule has 0 aliphatic carbocycles. The van der Waals surface area contributed by atoms with Gasteiger partial charge in [0, 0.05) is 68.2 Å². The van der Waals surface area contributed by atoms with Crippen LogP contribution in [0.4, 0.5) is 0 Å². The Morgan fingerprint density at radius 3 is 1.65 bits per heavy atom. The van der Waals surface area contributed by atoms with Gasteiger partial charge < -0.3 is 0 Å². The first-order valence-corrected chi connectivity index (χ1v) is 21.2. The molecule has 266 valence electrons. The van der Waals surface area contributed by atoms with E-state index in [1.807, 2.05) is 83.3 Å². The summed E-state index contributed by atoms with van der Waals surface area (Å²) >= 11 is 5.48. The van der Waals surface area contributed by atoms with E-state index in [0.29, 0.717) is 17.5 Å². The molecule has 4 nitrogen and oxygen atoms in total. The Labute approximate surface area is 339 Å². The summed E-state index contributed by atoms with van der Waals surface area (Å²) in [6.45, 7) is 0. The van der Waals surface area contributed by atoms with Crippen LogP contribution in [0, 0.1) is 0 Å². The number of benzene rings is 8. The number of aromatic nitrogens is 4. The highest BCUT2D eigenvalue weighted by Crippen LogP contribution is 2.47. The van der Waals surface area contributed by atoms with E-state index in [2.05, 4.69) is 109 Å². The number of hydrogen-bond donors (Lipinski definition) is 0. The van der Waals surface area contributed by atoms with Gasteiger partial charge in [-0.25, -0.2) is 19.9 Å². The molecule has 12 aromatic rings. The zero-order valence-electron chi connectivity index (χ0n) is 30.2. The minimum absolute atomic E-state index is 0.647.